The molecule has 1 N–H and O–H groups in total. The number of carbonyl (C=O) groups excluding carboxylic acids is 1. The lowest BCUT2D eigenvalue weighted by atomic mass is 10.2. The van der Waals surface area contributed by atoms with E-state index in [-0.39, 0.29) is 0 Å². The van der Waals surface area contributed by atoms with Gasteiger partial charge in [0.25, 0.3) is 11.5 Å². The van der Waals surface area contributed by atoms with Crippen molar-refractivity contribution in [3.05, 3.63) is 54.5 Å². The van der Waals surface area contributed by atoms with Gasteiger partial charge in [0, 0.05) is 25.2 Å². The number of aromatic nitrogens is 2. The summed E-state index contributed by atoms with van der Waals surface area (Å²) in [6.07, 6.45) is 0. The highest BCUT2D eigenvalue weighted by Crippen LogP contribution is 2.32. The summed E-state index contributed by atoms with van der Waals surface area (Å²) in [5.74, 6) is 0.0269. The Balaban J connectivity index is 2.06. The van der Waals surface area contributed by atoms with E-state index in [4.69, 9.17) is 16.3 Å². The number of thiophene rings is 1. The van der Waals surface area contributed by atoms with Crippen LogP contribution in [-0.2, 0) is 14.1 Å². The van der Waals surface area contributed by atoms with Crippen LogP contribution in [0.3, 0.4) is 0 Å². The van der Waals surface area contributed by atoms with E-state index in [0.29, 0.717) is 31.6 Å². The number of amides is 1. The number of benzene rings is 1. The number of nitrogens with zero attached hydrogens (tertiary/aromatic N) is 2. The molecule has 0 aliphatic rings. The maximum Gasteiger partial charge on any atom is 0.331 e. The smallest absolute Gasteiger partial charge is 0.331 e. The number of aryl methyl sites for hydroxylation is 2. The van der Waals surface area contributed by atoms with E-state index >= 15 is 0 Å². The third kappa shape index (κ3) is 2.91. The lowest BCUT2D eigenvalue weighted by Gasteiger charge is -2.11. The molecule has 1 amide bonds. The van der Waals surface area contributed by atoms with E-state index in [0.717, 1.165) is 21.5 Å². The fourth-order valence-electron chi connectivity index (χ4n) is 2.59. The van der Waals surface area contributed by atoms with Gasteiger partial charge in [0.2, 0.25) is 0 Å². The van der Waals surface area contributed by atoms with Gasteiger partial charge in [-0.1, -0.05) is 11.6 Å². The molecule has 0 unspecified atom stereocenters. The van der Waals surface area contributed by atoms with Gasteiger partial charge in [-0.2, -0.15) is 0 Å². The largest absolute Gasteiger partial charge is 0.495 e. The van der Waals surface area contributed by atoms with E-state index in [9.17, 15) is 14.4 Å². The first-order valence-electron chi connectivity index (χ1n) is 7.59. The molecule has 0 atom stereocenters. The molecule has 2 heterocycles. The second kappa shape index (κ2) is 6.62. The van der Waals surface area contributed by atoms with Gasteiger partial charge in [-0.05, 0) is 24.6 Å². The second-order valence-electron chi connectivity index (χ2n) is 5.79. The van der Waals surface area contributed by atoms with Crippen LogP contribution in [0.25, 0.3) is 10.2 Å². The molecule has 0 spiro atoms. The molecular weight excluding hydrogens is 378 g/mol. The molecule has 2 aromatic heterocycles. The van der Waals surface area contributed by atoms with Crippen molar-refractivity contribution in [2.24, 2.45) is 14.1 Å². The van der Waals surface area contributed by atoms with Crippen molar-refractivity contribution in [1.29, 1.82) is 0 Å². The fraction of sp³-hybridized carbons (Fsp3) is 0.235. The topological polar surface area (TPSA) is 82.3 Å². The highest BCUT2D eigenvalue weighted by Gasteiger charge is 2.18. The van der Waals surface area contributed by atoms with Crippen molar-refractivity contribution in [3.8, 4) is 5.75 Å². The Morgan fingerprint density at radius 3 is 2.54 bits per heavy atom. The van der Waals surface area contributed by atoms with Crippen LogP contribution >= 0.6 is 22.9 Å². The molecule has 0 radical (unpaired) electrons. The highest BCUT2D eigenvalue weighted by molar-refractivity contribution is 7.20. The van der Waals surface area contributed by atoms with E-state index in [1.807, 2.05) is 6.92 Å². The van der Waals surface area contributed by atoms with Crippen molar-refractivity contribution < 1.29 is 9.53 Å². The first kappa shape index (κ1) is 18.2. The molecule has 0 saturated heterocycles. The number of nitrogens with one attached hydrogen (secondary N) is 1. The second-order valence-corrected chi connectivity index (χ2v) is 7.23. The summed E-state index contributed by atoms with van der Waals surface area (Å²) >= 11 is 7.16. The van der Waals surface area contributed by atoms with E-state index in [2.05, 4.69) is 5.32 Å². The Bertz CT molecular complexity index is 1160. The van der Waals surface area contributed by atoms with Crippen molar-refractivity contribution in [1.82, 2.24) is 9.13 Å². The zero-order chi connectivity index (χ0) is 19.2. The van der Waals surface area contributed by atoms with Gasteiger partial charge in [-0.25, -0.2) is 4.79 Å². The number of anilines is 1. The SMILES string of the molecule is COc1cc(Cl)c(C)cc1NC(=O)c1cc2c(=O)n(C)c(=O)n(C)c2s1. The molecule has 9 heteroatoms. The third-order valence-corrected chi connectivity index (χ3v) is 5.70. The third-order valence-electron chi connectivity index (χ3n) is 4.08. The van der Waals surface area contributed by atoms with Gasteiger partial charge in [0.1, 0.15) is 10.6 Å². The number of hydrogen-bond acceptors (Lipinski definition) is 5. The van der Waals surface area contributed by atoms with E-state index in [1.165, 1.54) is 24.8 Å². The Kier molecular flexibility index (Phi) is 4.64. The Labute approximate surface area is 157 Å². The normalized spacial score (nSPS) is 11.0. The number of fused-ring (bicyclic) bond motifs is 1. The summed E-state index contributed by atoms with van der Waals surface area (Å²) < 4.78 is 7.62. The first-order chi connectivity index (χ1) is 12.2. The molecule has 1 aromatic carbocycles. The van der Waals surface area contributed by atoms with Gasteiger partial charge in [-0.3, -0.25) is 18.7 Å². The lowest BCUT2D eigenvalue weighted by Crippen LogP contribution is -2.36. The molecule has 0 aliphatic heterocycles. The minimum Gasteiger partial charge on any atom is -0.495 e. The van der Waals surface area contributed by atoms with E-state index in [1.54, 1.807) is 19.2 Å². The molecule has 7 nitrogen and oxygen atoms in total. The van der Waals surface area contributed by atoms with Crippen LogP contribution in [-0.4, -0.2) is 22.2 Å². The quantitative estimate of drug-likeness (QED) is 0.741. The number of hydrogen-bond donors (Lipinski definition) is 1. The first-order valence-corrected chi connectivity index (χ1v) is 8.79. The van der Waals surface area contributed by atoms with Crippen LogP contribution in [0.4, 0.5) is 5.69 Å². The fourth-order valence-corrected chi connectivity index (χ4v) is 3.74. The minimum atomic E-state index is -0.439. The van der Waals surface area contributed by atoms with Crippen LogP contribution in [0.15, 0.2) is 27.8 Å². The maximum absolute atomic E-state index is 12.7. The van der Waals surface area contributed by atoms with Crippen molar-refractivity contribution >= 4 is 44.7 Å². The van der Waals surface area contributed by atoms with Gasteiger partial charge in [0.15, 0.2) is 0 Å². The summed E-state index contributed by atoms with van der Waals surface area (Å²) in [7, 11) is 4.45. The molecule has 3 rings (SSSR count). The maximum atomic E-state index is 12.7. The van der Waals surface area contributed by atoms with Crippen LogP contribution in [0.5, 0.6) is 5.75 Å². The van der Waals surface area contributed by atoms with Gasteiger partial charge >= 0.3 is 5.69 Å². The van der Waals surface area contributed by atoms with Crippen molar-refractivity contribution in [3.63, 3.8) is 0 Å². The average molecular weight is 394 g/mol. The number of methoxy groups -OCH3 is 1. The Morgan fingerprint density at radius 2 is 1.88 bits per heavy atom. The average Bonchev–Trinajstić information content (AvgIpc) is 3.06. The summed E-state index contributed by atoms with van der Waals surface area (Å²) in [6.45, 7) is 1.82. The molecule has 26 heavy (non-hydrogen) atoms. The zero-order valence-corrected chi connectivity index (χ0v) is 16.1. The number of carbonyl (C=O) groups is 1. The number of halogens is 1. The summed E-state index contributed by atoms with van der Waals surface area (Å²) in [4.78, 5) is 37.7. The predicted octanol–water partition coefficient (Wildman–Crippen LogP) is 2.52. The van der Waals surface area contributed by atoms with Crippen LogP contribution in [0, 0.1) is 6.92 Å². The molecule has 0 saturated carbocycles. The summed E-state index contributed by atoms with van der Waals surface area (Å²) in [6, 6.07) is 4.82. The highest BCUT2D eigenvalue weighted by atomic mass is 35.5. The molecule has 0 bridgehead atoms. The zero-order valence-electron chi connectivity index (χ0n) is 14.5. The molecule has 0 aliphatic carbocycles. The molecule has 3 aromatic rings. The predicted molar refractivity (Wildman–Crippen MR) is 103 cm³/mol. The van der Waals surface area contributed by atoms with Crippen LogP contribution < -0.4 is 21.3 Å². The van der Waals surface area contributed by atoms with Crippen LogP contribution in [0.1, 0.15) is 15.2 Å². The standard InChI is InChI=1S/C17H16ClN3O4S/c1-8-5-11(12(25-4)7-10(8)18)19-14(22)13-6-9-15(23)20(2)17(24)21(3)16(9)26-13/h5-7H,1-4H3,(H,19,22). The van der Waals surface area contributed by atoms with Gasteiger partial charge in [0.05, 0.1) is 23.1 Å². The minimum absolute atomic E-state index is 0.313. The molecular formula is C17H16ClN3O4S. The Morgan fingerprint density at radius 1 is 1.19 bits per heavy atom. The summed E-state index contributed by atoms with van der Waals surface area (Å²) in [5, 5.41) is 3.62. The summed E-state index contributed by atoms with van der Waals surface area (Å²) in [5.41, 5.74) is 0.388. The van der Waals surface area contributed by atoms with E-state index < -0.39 is 17.2 Å². The number of ether oxygens (including phenoxy) is 1. The Hall–Kier alpha value is -2.58. The lowest BCUT2D eigenvalue weighted by molar-refractivity contribution is 0.103. The van der Waals surface area contributed by atoms with Crippen molar-refractivity contribution in [2.75, 3.05) is 12.4 Å². The van der Waals surface area contributed by atoms with Crippen LogP contribution in [0.2, 0.25) is 5.02 Å². The monoisotopic (exact) mass is 393 g/mol. The molecule has 136 valence electrons. The molecule has 0 fully saturated rings. The number of rotatable bonds is 3. The van der Waals surface area contributed by atoms with Gasteiger partial charge < -0.3 is 10.1 Å². The van der Waals surface area contributed by atoms with Crippen molar-refractivity contribution in [2.45, 2.75) is 6.92 Å². The van der Waals surface area contributed by atoms with Gasteiger partial charge in [-0.15, -0.1) is 11.3 Å².